The Hall–Kier alpha value is -1.39. The summed E-state index contributed by atoms with van der Waals surface area (Å²) >= 11 is 1.74. The summed E-state index contributed by atoms with van der Waals surface area (Å²) in [6.07, 6.45) is 5.84. The van der Waals surface area contributed by atoms with Gasteiger partial charge in [0.25, 0.3) is 0 Å². The van der Waals surface area contributed by atoms with Gasteiger partial charge < -0.3 is 15.4 Å². The Morgan fingerprint density at radius 1 is 1.19 bits per heavy atom. The molecule has 2 aromatic rings. The number of benzene rings is 1. The van der Waals surface area contributed by atoms with Crippen molar-refractivity contribution in [1.29, 1.82) is 0 Å². The van der Waals surface area contributed by atoms with E-state index in [1.165, 1.54) is 24.1 Å². The third kappa shape index (κ3) is 9.23. The van der Waals surface area contributed by atoms with Gasteiger partial charge in [0.05, 0.1) is 17.8 Å². The summed E-state index contributed by atoms with van der Waals surface area (Å²) in [6, 6.07) is 8.36. The van der Waals surface area contributed by atoms with E-state index in [9.17, 15) is 0 Å². The van der Waals surface area contributed by atoms with E-state index in [1.807, 2.05) is 19.2 Å². The largest absolute Gasteiger partial charge is 0.497 e. The van der Waals surface area contributed by atoms with Crippen LogP contribution >= 0.6 is 35.3 Å². The molecule has 1 aromatic carbocycles. The molecule has 0 atom stereocenters. The van der Waals surface area contributed by atoms with E-state index in [4.69, 9.17) is 4.74 Å². The number of guanidine groups is 1. The monoisotopic (exact) mass is 571 g/mol. The fraction of sp³-hybridized carbons (Fsp3) is 0.583. The summed E-state index contributed by atoms with van der Waals surface area (Å²) in [7, 11) is 3.56. The van der Waals surface area contributed by atoms with Crippen LogP contribution in [0.1, 0.15) is 41.9 Å². The van der Waals surface area contributed by atoms with Crippen molar-refractivity contribution in [2.75, 3.05) is 40.3 Å². The number of thiazole rings is 1. The highest BCUT2D eigenvalue weighted by atomic mass is 127. The van der Waals surface area contributed by atoms with Gasteiger partial charge in [0.1, 0.15) is 5.75 Å². The van der Waals surface area contributed by atoms with E-state index in [1.54, 1.807) is 18.4 Å². The van der Waals surface area contributed by atoms with Gasteiger partial charge in [0.15, 0.2) is 5.96 Å². The molecule has 2 N–H and O–H groups in total. The number of aromatic nitrogens is 1. The molecule has 1 aliphatic heterocycles. The number of hydrogen-bond donors (Lipinski definition) is 2. The molecule has 1 fully saturated rings. The lowest BCUT2D eigenvalue weighted by atomic mass is 9.97. The molecule has 0 bridgehead atoms. The number of hydrogen-bond acceptors (Lipinski definition) is 5. The molecule has 0 aliphatic carbocycles. The number of unbranched alkanes of at least 4 members (excludes halogenated alkanes) is 1. The number of likely N-dealkylation sites (tertiary alicyclic amines) is 1. The number of ether oxygens (including phenoxy) is 1. The SMILES string of the molecule is CN=C(NCCCCc1ccc(OC)cc1)NCC1CCN(Cc2csc(C)n2)CC1.I. The molecular weight excluding hydrogens is 533 g/mol. The fourth-order valence-corrected chi connectivity index (χ4v) is 4.58. The molecule has 0 unspecified atom stereocenters. The molecule has 0 amide bonds. The van der Waals surface area contributed by atoms with Gasteiger partial charge in [-0.05, 0) is 75.7 Å². The van der Waals surface area contributed by atoms with Gasteiger partial charge in [-0.15, -0.1) is 35.3 Å². The number of nitrogens with zero attached hydrogens (tertiary/aromatic N) is 3. The summed E-state index contributed by atoms with van der Waals surface area (Å²) < 4.78 is 5.21. The Morgan fingerprint density at radius 3 is 2.56 bits per heavy atom. The highest BCUT2D eigenvalue weighted by molar-refractivity contribution is 14.0. The summed E-state index contributed by atoms with van der Waals surface area (Å²) in [5, 5.41) is 10.3. The second-order valence-corrected chi connectivity index (χ2v) is 9.32. The normalized spacial score (nSPS) is 15.3. The van der Waals surface area contributed by atoms with E-state index in [-0.39, 0.29) is 24.0 Å². The van der Waals surface area contributed by atoms with E-state index in [0.29, 0.717) is 5.92 Å². The first-order valence-electron chi connectivity index (χ1n) is 11.4. The maximum Gasteiger partial charge on any atom is 0.190 e. The molecule has 0 spiro atoms. The summed E-state index contributed by atoms with van der Waals surface area (Å²) in [6.45, 7) is 7.31. The lowest BCUT2D eigenvalue weighted by molar-refractivity contribution is 0.176. The topological polar surface area (TPSA) is 61.8 Å². The van der Waals surface area contributed by atoms with Crippen molar-refractivity contribution in [3.8, 4) is 5.75 Å². The highest BCUT2D eigenvalue weighted by Gasteiger charge is 2.20. The molecule has 8 heteroatoms. The van der Waals surface area contributed by atoms with Gasteiger partial charge >= 0.3 is 0 Å². The van der Waals surface area contributed by atoms with Crippen LogP contribution in [0.5, 0.6) is 5.75 Å². The van der Waals surface area contributed by atoms with Crippen molar-refractivity contribution >= 4 is 41.3 Å². The minimum absolute atomic E-state index is 0. The molecule has 178 valence electrons. The average molecular weight is 572 g/mol. The minimum atomic E-state index is 0. The van der Waals surface area contributed by atoms with Crippen LogP contribution < -0.4 is 15.4 Å². The number of rotatable bonds is 10. The summed E-state index contributed by atoms with van der Waals surface area (Å²) in [5.41, 5.74) is 2.58. The smallest absolute Gasteiger partial charge is 0.190 e. The molecule has 6 nitrogen and oxygen atoms in total. The summed E-state index contributed by atoms with van der Waals surface area (Å²) in [4.78, 5) is 11.5. The first-order valence-corrected chi connectivity index (χ1v) is 12.2. The van der Waals surface area contributed by atoms with Gasteiger partial charge in [-0.2, -0.15) is 0 Å². The van der Waals surface area contributed by atoms with Crippen LogP contribution in [-0.4, -0.2) is 56.2 Å². The second-order valence-electron chi connectivity index (χ2n) is 8.26. The first-order chi connectivity index (χ1) is 15.2. The van der Waals surface area contributed by atoms with Crippen molar-refractivity contribution in [2.24, 2.45) is 10.9 Å². The molecule has 2 heterocycles. The van der Waals surface area contributed by atoms with Crippen molar-refractivity contribution in [2.45, 2.75) is 45.6 Å². The predicted molar refractivity (Wildman–Crippen MR) is 146 cm³/mol. The van der Waals surface area contributed by atoms with Crippen LogP contribution in [0.3, 0.4) is 0 Å². The lowest BCUT2D eigenvalue weighted by Gasteiger charge is -2.31. The van der Waals surface area contributed by atoms with Crippen LogP contribution in [0.2, 0.25) is 0 Å². The lowest BCUT2D eigenvalue weighted by Crippen LogP contribution is -2.43. The molecular formula is C24H38IN5OS. The second kappa shape index (κ2) is 14.7. The third-order valence-electron chi connectivity index (χ3n) is 5.88. The van der Waals surface area contributed by atoms with Crippen LogP contribution in [0.25, 0.3) is 0 Å². The standard InChI is InChI=1S/C24H37N5OS.HI/c1-19-28-22(18-31-19)17-29-14-11-21(12-15-29)16-27-24(25-2)26-13-5-4-6-20-7-9-23(30-3)10-8-20;/h7-10,18,21H,4-6,11-17H2,1-3H3,(H2,25,26,27);1H. The highest BCUT2D eigenvalue weighted by Crippen LogP contribution is 2.19. The number of methoxy groups -OCH3 is 1. The molecule has 3 rings (SSSR count). The zero-order valence-electron chi connectivity index (χ0n) is 19.6. The molecule has 1 aliphatic rings. The third-order valence-corrected chi connectivity index (χ3v) is 6.71. The number of aliphatic imine (C=N–C) groups is 1. The Kier molecular flexibility index (Phi) is 12.3. The quantitative estimate of drug-likeness (QED) is 0.191. The Balaban J connectivity index is 0.00000363. The summed E-state index contributed by atoms with van der Waals surface area (Å²) in [5.74, 6) is 2.55. The molecule has 0 radical (unpaired) electrons. The maximum atomic E-state index is 5.21. The molecule has 32 heavy (non-hydrogen) atoms. The maximum absolute atomic E-state index is 5.21. The van der Waals surface area contributed by atoms with Crippen molar-refractivity contribution < 1.29 is 4.74 Å². The zero-order valence-corrected chi connectivity index (χ0v) is 22.7. The minimum Gasteiger partial charge on any atom is -0.497 e. The van der Waals surface area contributed by atoms with Gasteiger partial charge in [0.2, 0.25) is 0 Å². The first kappa shape index (κ1) is 26.9. The van der Waals surface area contributed by atoms with Crippen LogP contribution in [0.4, 0.5) is 0 Å². The van der Waals surface area contributed by atoms with Crippen LogP contribution in [0, 0.1) is 12.8 Å². The van der Waals surface area contributed by atoms with E-state index in [0.717, 1.165) is 68.7 Å². The number of nitrogens with one attached hydrogen (secondary N) is 2. The van der Waals surface area contributed by atoms with Crippen LogP contribution in [0.15, 0.2) is 34.6 Å². The van der Waals surface area contributed by atoms with Crippen molar-refractivity contribution in [3.63, 3.8) is 0 Å². The predicted octanol–water partition coefficient (Wildman–Crippen LogP) is 4.48. The van der Waals surface area contributed by atoms with E-state index >= 15 is 0 Å². The Labute approximate surface area is 214 Å². The Morgan fingerprint density at radius 2 is 1.94 bits per heavy atom. The Bertz CT molecular complexity index is 803. The van der Waals surface area contributed by atoms with Crippen LogP contribution in [-0.2, 0) is 13.0 Å². The molecule has 1 saturated heterocycles. The molecule has 1 aromatic heterocycles. The molecule has 0 saturated carbocycles. The zero-order chi connectivity index (χ0) is 21.9. The number of piperidine rings is 1. The fourth-order valence-electron chi connectivity index (χ4n) is 3.97. The van der Waals surface area contributed by atoms with Gasteiger partial charge in [-0.3, -0.25) is 9.89 Å². The van der Waals surface area contributed by atoms with Gasteiger partial charge in [-0.1, -0.05) is 12.1 Å². The average Bonchev–Trinajstić information content (AvgIpc) is 3.21. The number of aryl methyl sites for hydroxylation is 2. The number of halogens is 1. The van der Waals surface area contributed by atoms with Gasteiger partial charge in [0, 0.05) is 32.1 Å². The van der Waals surface area contributed by atoms with Crippen molar-refractivity contribution in [3.05, 3.63) is 45.9 Å². The van der Waals surface area contributed by atoms with E-state index in [2.05, 4.69) is 49.9 Å². The van der Waals surface area contributed by atoms with Gasteiger partial charge in [-0.25, -0.2) is 4.98 Å². The van der Waals surface area contributed by atoms with E-state index < -0.39 is 0 Å². The van der Waals surface area contributed by atoms with Crippen molar-refractivity contribution in [1.82, 2.24) is 20.5 Å².